The Morgan fingerprint density at radius 3 is 2.86 bits per heavy atom. The molecule has 0 atom stereocenters. The quantitative estimate of drug-likeness (QED) is 0.594. The number of rotatable bonds is 5. The third-order valence-corrected chi connectivity index (χ3v) is 4.76. The lowest BCUT2D eigenvalue weighted by molar-refractivity contribution is -0.120. The maximum Gasteiger partial charge on any atom is 0.243 e. The first kappa shape index (κ1) is 13.9. The molecule has 1 aliphatic rings. The van der Waals surface area contributed by atoms with E-state index in [0.29, 0.717) is 16.6 Å². The molecule has 0 aliphatic heterocycles. The van der Waals surface area contributed by atoms with Crippen LogP contribution in [0.5, 0.6) is 0 Å². The maximum absolute atomic E-state index is 12.3. The van der Waals surface area contributed by atoms with Crippen LogP contribution in [0.1, 0.15) is 12.8 Å². The molecule has 1 heterocycles. The van der Waals surface area contributed by atoms with Crippen molar-refractivity contribution in [2.75, 3.05) is 12.3 Å². The van der Waals surface area contributed by atoms with E-state index in [-0.39, 0.29) is 23.4 Å². The van der Waals surface area contributed by atoms with Gasteiger partial charge in [0.25, 0.3) is 0 Å². The number of anilines is 1. The van der Waals surface area contributed by atoms with Crippen LogP contribution in [0.2, 0.25) is 0 Å². The number of benzene rings is 1. The number of H-pyrrole nitrogens is 1. The molecule has 112 valence electrons. The number of carbonyl (C=O) groups is 1. The number of amides is 1. The number of fused-ring (bicyclic) bond motifs is 1. The van der Waals surface area contributed by atoms with Gasteiger partial charge in [-0.2, -0.15) is 0 Å². The Morgan fingerprint density at radius 2 is 2.14 bits per heavy atom. The molecule has 0 unspecified atom stereocenters. The Labute approximate surface area is 122 Å². The highest BCUT2D eigenvalue weighted by Crippen LogP contribution is 2.24. The average Bonchev–Trinajstić information content (AvgIpc) is 3.13. The summed E-state index contributed by atoms with van der Waals surface area (Å²) in [5.74, 6) is -0.319. The molecule has 1 aromatic carbocycles. The zero-order valence-corrected chi connectivity index (χ0v) is 12.0. The van der Waals surface area contributed by atoms with Gasteiger partial charge in [-0.3, -0.25) is 4.79 Å². The number of carbonyl (C=O) groups excluding carboxylic acids is 1. The van der Waals surface area contributed by atoms with Gasteiger partial charge in [0.15, 0.2) is 0 Å². The fourth-order valence-electron chi connectivity index (χ4n) is 2.08. The van der Waals surface area contributed by atoms with E-state index in [2.05, 4.69) is 15.0 Å². The van der Waals surface area contributed by atoms with E-state index in [4.69, 9.17) is 5.73 Å². The lowest BCUT2D eigenvalue weighted by Crippen LogP contribution is -2.37. The summed E-state index contributed by atoms with van der Waals surface area (Å²) in [6.07, 6.45) is 3.31. The summed E-state index contributed by atoms with van der Waals surface area (Å²) in [5.41, 5.74) is 6.84. The van der Waals surface area contributed by atoms with Crippen molar-refractivity contribution in [3.05, 3.63) is 24.4 Å². The third-order valence-electron chi connectivity index (χ3n) is 3.32. The van der Waals surface area contributed by atoms with Crippen LogP contribution < -0.4 is 15.8 Å². The largest absolute Gasteiger partial charge is 0.399 e. The van der Waals surface area contributed by atoms with E-state index in [1.807, 2.05) is 0 Å². The van der Waals surface area contributed by atoms with Crippen LogP contribution in [0.15, 0.2) is 29.3 Å². The lowest BCUT2D eigenvalue weighted by Gasteiger charge is -2.06. The number of nitrogen functional groups attached to an aromatic ring is 1. The van der Waals surface area contributed by atoms with Crippen molar-refractivity contribution in [3.8, 4) is 0 Å². The summed E-state index contributed by atoms with van der Waals surface area (Å²) in [5, 5.41) is 3.23. The van der Waals surface area contributed by atoms with Crippen LogP contribution in [-0.4, -0.2) is 31.9 Å². The van der Waals surface area contributed by atoms with Gasteiger partial charge in [-0.05, 0) is 31.0 Å². The van der Waals surface area contributed by atoms with Gasteiger partial charge in [0, 0.05) is 28.8 Å². The summed E-state index contributed by atoms with van der Waals surface area (Å²) in [7, 11) is -3.77. The number of nitrogens with two attached hydrogens (primary N) is 1. The molecule has 0 bridgehead atoms. The molecule has 1 fully saturated rings. The van der Waals surface area contributed by atoms with Crippen molar-refractivity contribution in [2.45, 2.75) is 23.8 Å². The minimum Gasteiger partial charge on any atom is -0.399 e. The van der Waals surface area contributed by atoms with Crippen molar-refractivity contribution in [1.29, 1.82) is 0 Å². The molecule has 8 heteroatoms. The zero-order chi connectivity index (χ0) is 15.0. The standard InChI is InChI=1S/C13H16N4O3S/c14-8-1-4-11-10(5-8)12(6-15-11)21(19,20)16-7-13(18)17-9-2-3-9/h1,4-6,9,15-16H,2-3,7,14H2,(H,17,18). The summed E-state index contributed by atoms with van der Waals surface area (Å²) in [6.45, 7) is -0.270. The Hall–Kier alpha value is -2.06. The van der Waals surface area contributed by atoms with Gasteiger partial charge in [-0.1, -0.05) is 0 Å². The van der Waals surface area contributed by atoms with Gasteiger partial charge in [-0.15, -0.1) is 0 Å². The maximum atomic E-state index is 12.3. The highest BCUT2D eigenvalue weighted by Gasteiger charge is 2.25. The number of sulfonamides is 1. The summed E-state index contributed by atoms with van der Waals surface area (Å²) >= 11 is 0. The van der Waals surface area contributed by atoms with Crippen LogP contribution >= 0.6 is 0 Å². The number of aromatic amines is 1. The molecule has 1 aromatic heterocycles. The summed E-state index contributed by atoms with van der Waals surface area (Å²) in [4.78, 5) is 14.5. The van der Waals surface area contributed by atoms with Crippen molar-refractivity contribution < 1.29 is 13.2 Å². The normalized spacial score (nSPS) is 15.2. The average molecular weight is 308 g/mol. The molecular formula is C13H16N4O3S. The molecule has 2 aromatic rings. The fourth-order valence-corrected chi connectivity index (χ4v) is 3.23. The van der Waals surface area contributed by atoms with Gasteiger partial charge in [-0.25, -0.2) is 13.1 Å². The van der Waals surface area contributed by atoms with Gasteiger partial charge in [0.2, 0.25) is 15.9 Å². The first-order chi connectivity index (χ1) is 9.95. The van der Waals surface area contributed by atoms with E-state index in [1.165, 1.54) is 6.20 Å². The first-order valence-electron chi connectivity index (χ1n) is 6.61. The van der Waals surface area contributed by atoms with E-state index in [0.717, 1.165) is 12.8 Å². The van der Waals surface area contributed by atoms with Crippen LogP contribution in [0.25, 0.3) is 10.9 Å². The van der Waals surface area contributed by atoms with Gasteiger partial charge < -0.3 is 16.0 Å². The summed E-state index contributed by atoms with van der Waals surface area (Å²) < 4.78 is 26.9. The van der Waals surface area contributed by atoms with E-state index >= 15 is 0 Å². The molecule has 1 amide bonds. The Morgan fingerprint density at radius 1 is 1.38 bits per heavy atom. The fraction of sp³-hybridized carbons (Fsp3) is 0.308. The monoisotopic (exact) mass is 308 g/mol. The molecule has 5 N–H and O–H groups in total. The second-order valence-electron chi connectivity index (χ2n) is 5.12. The lowest BCUT2D eigenvalue weighted by atomic mass is 10.2. The minimum atomic E-state index is -3.77. The van der Waals surface area contributed by atoms with Gasteiger partial charge in [0.1, 0.15) is 4.90 Å². The smallest absolute Gasteiger partial charge is 0.243 e. The second kappa shape index (κ2) is 5.05. The van der Waals surface area contributed by atoms with E-state index < -0.39 is 10.0 Å². The van der Waals surface area contributed by atoms with Crippen molar-refractivity contribution in [2.24, 2.45) is 0 Å². The molecule has 7 nitrogen and oxygen atoms in total. The molecule has 3 rings (SSSR count). The number of hydrogen-bond acceptors (Lipinski definition) is 4. The zero-order valence-electron chi connectivity index (χ0n) is 11.2. The SMILES string of the molecule is Nc1ccc2[nH]cc(S(=O)(=O)NCC(=O)NC3CC3)c2c1. The third kappa shape index (κ3) is 3.01. The van der Waals surface area contributed by atoms with E-state index in [1.54, 1.807) is 18.2 Å². The Bertz CT molecular complexity index is 793. The van der Waals surface area contributed by atoms with Crippen LogP contribution in [0.4, 0.5) is 5.69 Å². The summed E-state index contributed by atoms with van der Waals surface area (Å²) in [6, 6.07) is 5.19. The minimum absolute atomic E-state index is 0.0871. The Balaban J connectivity index is 1.79. The van der Waals surface area contributed by atoms with Gasteiger partial charge in [0.05, 0.1) is 6.54 Å². The van der Waals surface area contributed by atoms with E-state index in [9.17, 15) is 13.2 Å². The highest BCUT2D eigenvalue weighted by molar-refractivity contribution is 7.89. The first-order valence-corrected chi connectivity index (χ1v) is 8.10. The number of aromatic nitrogens is 1. The van der Waals surface area contributed by atoms with Crippen molar-refractivity contribution in [1.82, 2.24) is 15.0 Å². The molecule has 1 saturated carbocycles. The molecule has 0 saturated heterocycles. The van der Waals surface area contributed by atoms with Crippen LogP contribution in [-0.2, 0) is 14.8 Å². The highest BCUT2D eigenvalue weighted by atomic mass is 32.2. The molecule has 0 spiro atoms. The molecule has 1 aliphatic carbocycles. The number of hydrogen-bond donors (Lipinski definition) is 4. The van der Waals surface area contributed by atoms with Crippen molar-refractivity contribution in [3.63, 3.8) is 0 Å². The molecule has 0 radical (unpaired) electrons. The van der Waals surface area contributed by atoms with Gasteiger partial charge >= 0.3 is 0 Å². The topological polar surface area (TPSA) is 117 Å². The molecule has 21 heavy (non-hydrogen) atoms. The molecular weight excluding hydrogens is 292 g/mol. The van der Waals surface area contributed by atoms with Crippen molar-refractivity contribution >= 4 is 32.5 Å². The van der Waals surface area contributed by atoms with Crippen LogP contribution in [0.3, 0.4) is 0 Å². The van der Waals surface area contributed by atoms with Crippen LogP contribution in [0, 0.1) is 0 Å². The Kier molecular flexibility index (Phi) is 3.34. The predicted molar refractivity (Wildman–Crippen MR) is 79.1 cm³/mol. The second-order valence-corrected chi connectivity index (χ2v) is 6.86. The number of nitrogens with one attached hydrogen (secondary N) is 3. The predicted octanol–water partition coefficient (Wildman–Crippen LogP) is 0.307.